The lowest BCUT2D eigenvalue weighted by atomic mass is 10.4. The van der Waals surface area contributed by atoms with Crippen molar-refractivity contribution >= 4 is 16.0 Å². The van der Waals surface area contributed by atoms with E-state index in [0.717, 1.165) is 5.82 Å². The normalized spacial score (nSPS) is 11.6. The van der Waals surface area contributed by atoms with Gasteiger partial charge in [-0.1, -0.05) is 0 Å². The number of carbonyl (C=O) groups is 1. The molecule has 1 heterocycles. The maximum atomic E-state index is 11.3. The summed E-state index contributed by atoms with van der Waals surface area (Å²) in [6, 6.07) is 0. The standard InChI is InChI=1S/C9H15N3O4S/c1-12-6-5-10-8(12)2-4-11-17(15,16)7-3-9(13)14/h5-6,11H,2-4,7H2,1H3,(H,13,14). The molecule has 0 saturated heterocycles. The van der Waals surface area contributed by atoms with Crippen LogP contribution in [0.5, 0.6) is 0 Å². The lowest BCUT2D eigenvalue weighted by Crippen LogP contribution is -2.29. The molecule has 2 N–H and O–H groups in total. The van der Waals surface area contributed by atoms with E-state index in [9.17, 15) is 13.2 Å². The van der Waals surface area contributed by atoms with Gasteiger partial charge in [0.05, 0.1) is 12.2 Å². The third-order valence-electron chi connectivity index (χ3n) is 2.18. The third kappa shape index (κ3) is 4.96. The highest BCUT2D eigenvalue weighted by Crippen LogP contribution is 1.96. The Balaban J connectivity index is 2.35. The Morgan fingerprint density at radius 3 is 2.82 bits per heavy atom. The second-order valence-corrected chi connectivity index (χ2v) is 5.49. The van der Waals surface area contributed by atoms with Gasteiger partial charge in [0.15, 0.2) is 0 Å². The van der Waals surface area contributed by atoms with E-state index in [-0.39, 0.29) is 6.54 Å². The number of hydrogen-bond donors (Lipinski definition) is 2. The van der Waals surface area contributed by atoms with Gasteiger partial charge in [-0.25, -0.2) is 18.1 Å². The molecule has 1 aromatic heterocycles. The van der Waals surface area contributed by atoms with E-state index < -0.39 is 28.2 Å². The largest absolute Gasteiger partial charge is 0.481 e. The van der Waals surface area contributed by atoms with Gasteiger partial charge < -0.3 is 9.67 Å². The average Bonchev–Trinajstić information content (AvgIpc) is 2.62. The molecular weight excluding hydrogens is 246 g/mol. The van der Waals surface area contributed by atoms with Gasteiger partial charge in [-0.15, -0.1) is 0 Å². The summed E-state index contributed by atoms with van der Waals surface area (Å²) in [6.45, 7) is 0.215. The molecule has 0 bridgehead atoms. The highest BCUT2D eigenvalue weighted by molar-refractivity contribution is 7.89. The first-order valence-electron chi connectivity index (χ1n) is 5.06. The second-order valence-electron chi connectivity index (χ2n) is 3.56. The van der Waals surface area contributed by atoms with Crippen molar-refractivity contribution in [1.82, 2.24) is 14.3 Å². The molecule has 0 spiro atoms. The van der Waals surface area contributed by atoms with Crippen LogP contribution in [0.15, 0.2) is 12.4 Å². The summed E-state index contributed by atoms with van der Waals surface area (Å²) in [6.07, 6.45) is 3.48. The van der Waals surface area contributed by atoms with Gasteiger partial charge in [-0.3, -0.25) is 4.79 Å². The highest BCUT2D eigenvalue weighted by atomic mass is 32.2. The average molecular weight is 261 g/mol. The van der Waals surface area contributed by atoms with Crippen molar-refractivity contribution in [1.29, 1.82) is 0 Å². The minimum atomic E-state index is -3.51. The molecule has 1 rings (SSSR count). The molecule has 0 radical (unpaired) electrons. The van der Waals surface area contributed by atoms with Crippen LogP contribution >= 0.6 is 0 Å². The first kappa shape index (κ1) is 13.7. The Hall–Kier alpha value is -1.41. The van der Waals surface area contributed by atoms with Crippen molar-refractivity contribution in [3.63, 3.8) is 0 Å². The van der Waals surface area contributed by atoms with Crippen molar-refractivity contribution in [2.45, 2.75) is 12.8 Å². The number of hydrogen-bond acceptors (Lipinski definition) is 4. The van der Waals surface area contributed by atoms with Crippen molar-refractivity contribution in [2.24, 2.45) is 7.05 Å². The van der Waals surface area contributed by atoms with Gasteiger partial charge in [-0.2, -0.15) is 0 Å². The zero-order chi connectivity index (χ0) is 12.9. The maximum absolute atomic E-state index is 11.3. The number of aromatic nitrogens is 2. The number of sulfonamides is 1. The summed E-state index contributed by atoms with van der Waals surface area (Å²) in [5.41, 5.74) is 0. The van der Waals surface area contributed by atoms with Crippen LogP contribution in [0.2, 0.25) is 0 Å². The topological polar surface area (TPSA) is 101 Å². The van der Waals surface area contributed by atoms with Crippen LogP contribution in [0.25, 0.3) is 0 Å². The second kappa shape index (κ2) is 5.78. The van der Waals surface area contributed by atoms with E-state index in [1.807, 2.05) is 7.05 Å². The summed E-state index contributed by atoms with van der Waals surface area (Å²) in [7, 11) is -1.69. The minimum Gasteiger partial charge on any atom is -0.481 e. The van der Waals surface area contributed by atoms with Crippen molar-refractivity contribution in [3.8, 4) is 0 Å². The monoisotopic (exact) mass is 261 g/mol. The number of nitrogens with one attached hydrogen (secondary N) is 1. The number of carboxylic acid groups (broad SMARTS) is 1. The van der Waals surface area contributed by atoms with Crippen LogP contribution < -0.4 is 4.72 Å². The SMILES string of the molecule is Cn1ccnc1CCNS(=O)(=O)CCC(=O)O. The van der Waals surface area contributed by atoms with E-state index >= 15 is 0 Å². The minimum absolute atomic E-state index is 0.215. The molecule has 7 nitrogen and oxygen atoms in total. The van der Waals surface area contributed by atoms with E-state index in [1.165, 1.54) is 0 Å². The number of carboxylic acids is 1. The number of aryl methyl sites for hydroxylation is 1. The molecule has 8 heteroatoms. The van der Waals surface area contributed by atoms with E-state index in [2.05, 4.69) is 9.71 Å². The van der Waals surface area contributed by atoms with E-state index in [1.54, 1.807) is 17.0 Å². The molecule has 0 aromatic carbocycles. The quantitative estimate of drug-likeness (QED) is 0.679. The number of nitrogens with zero attached hydrogens (tertiary/aromatic N) is 2. The lowest BCUT2D eigenvalue weighted by Gasteiger charge is -2.05. The molecule has 1 aromatic rings. The first-order valence-corrected chi connectivity index (χ1v) is 6.71. The maximum Gasteiger partial charge on any atom is 0.304 e. The first-order chi connectivity index (χ1) is 7.91. The van der Waals surface area contributed by atoms with Gasteiger partial charge in [0.1, 0.15) is 5.82 Å². The Labute approximate surface area is 99.5 Å². The Bertz CT molecular complexity index is 480. The molecule has 96 valence electrons. The predicted octanol–water partition coefficient (Wildman–Crippen LogP) is -0.643. The number of rotatable bonds is 7. The van der Waals surface area contributed by atoms with Crippen LogP contribution in [-0.2, 0) is 28.3 Å². The summed E-state index contributed by atoms with van der Waals surface area (Å²) >= 11 is 0. The molecule has 0 unspecified atom stereocenters. The molecular formula is C9H15N3O4S. The molecule has 0 saturated carbocycles. The van der Waals surface area contributed by atoms with Gasteiger partial charge in [0, 0.05) is 32.4 Å². The molecule has 0 amide bonds. The van der Waals surface area contributed by atoms with Crippen LogP contribution in [0.3, 0.4) is 0 Å². The fourth-order valence-corrected chi connectivity index (χ4v) is 2.25. The zero-order valence-electron chi connectivity index (χ0n) is 9.46. The molecule has 0 aliphatic heterocycles. The summed E-state index contributed by atoms with van der Waals surface area (Å²) < 4.78 is 26.8. The molecule has 17 heavy (non-hydrogen) atoms. The van der Waals surface area contributed by atoms with Gasteiger partial charge in [0.25, 0.3) is 0 Å². The molecule has 0 aliphatic rings. The van der Waals surface area contributed by atoms with Crippen LogP contribution in [0, 0.1) is 0 Å². The van der Waals surface area contributed by atoms with Crippen LogP contribution in [0.1, 0.15) is 12.2 Å². The van der Waals surface area contributed by atoms with Crippen molar-refractivity contribution < 1.29 is 18.3 Å². The Kier molecular flexibility index (Phi) is 4.64. The third-order valence-corrected chi connectivity index (χ3v) is 3.56. The number of imidazole rings is 1. The molecule has 0 aliphatic carbocycles. The fraction of sp³-hybridized carbons (Fsp3) is 0.556. The van der Waals surface area contributed by atoms with Gasteiger partial charge in [-0.05, 0) is 0 Å². The summed E-state index contributed by atoms with van der Waals surface area (Å²) in [5.74, 6) is -0.756. The zero-order valence-corrected chi connectivity index (χ0v) is 10.3. The summed E-state index contributed by atoms with van der Waals surface area (Å²) in [4.78, 5) is 14.3. The smallest absolute Gasteiger partial charge is 0.304 e. The fourth-order valence-electron chi connectivity index (χ4n) is 1.25. The Morgan fingerprint density at radius 1 is 1.59 bits per heavy atom. The molecule has 0 atom stereocenters. The van der Waals surface area contributed by atoms with E-state index in [0.29, 0.717) is 6.42 Å². The summed E-state index contributed by atoms with van der Waals surface area (Å²) in [5, 5.41) is 8.38. The predicted molar refractivity (Wildman–Crippen MR) is 61.0 cm³/mol. The van der Waals surface area contributed by atoms with Crippen molar-refractivity contribution in [2.75, 3.05) is 12.3 Å². The lowest BCUT2D eigenvalue weighted by molar-refractivity contribution is -0.136. The number of aliphatic carboxylic acids is 1. The highest BCUT2D eigenvalue weighted by Gasteiger charge is 2.12. The van der Waals surface area contributed by atoms with Gasteiger partial charge >= 0.3 is 5.97 Å². The Morgan fingerprint density at radius 2 is 2.29 bits per heavy atom. The molecule has 0 fully saturated rings. The van der Waals surface area contributed by atoms with Crippen LogP contribution in [-0.4, -0.2) is 41.3 Å². The van der Waals surface area contributed by atoms with E-state index in [4.69, 9.17) is 5.11 Å². The van der Waals surface area contributed by atoms with Gasteiger partial charge in [0.2, 0.25) is 10.0 Å². The van der Waals surface area contributed by atoms with Crippen molar-refractivity contribution in [3.05, 3.63) is 18.2 Å². The van der Waals surface area contributed by atoms with Crippen LogP contribution in [0.4, 0.5) is 0 Å².